The molecule has 0 amide bonds. The zero-order chi connectivity index (χ0) is 14.9. The molecule has 1 aromatic heterocycles. The van der Waals surface area contributed by atoms with Gasteiger partial charge in [0.05, 0.1) is 14.4 Å². The molecule has 0 fully saturated rings. The summed E-state index contributed by atoms with van der Waals surface area (Å²) in [5, 5.41) is 0. The highest BCUT2D eigenvalue weighted by Crippen LogP contribution is 2.24. The highest BCUT2D eigenvalue weighted by molar-refractivity contribution is 9.11. The Kier molecular flexibility index (Phi) is 4.48. The second kappa shape index (κ2) is 5.80. The van der Waals surface area contributed by atoms with Crippen molar-refractivity contribution in [2.75, 3.05) is 5.73 Å². The first-order chi connectivity index (χ1) is 9.29. The molecular weight excluding hydrogens is 367 g/mol. The third-order valence-electron chi connectivity index (χ3n) is 2.65. The number of nitrogens with two attached hydrogens (primary N) is 1. The van der Waals surface area contributed by atoms with E-state index < -0.39 is 15.8 Å². The number of thiophene rings is 1. The Morgan fingerprint density at radius 1 is 1.40 bits per heavy atom. The first kappa shape index (κ1) is 15.4. The number of sulfonamides is 1. The molecule has 1 aromatic carbocycles. The van der Waals surface area contributed by atoms with Crippen LogP contribution in [-0.4, -0.2) is 8.42 Å². The van der Waals surface area contributed by atoms with E-state index in [2.05, 4.69) is 20.7 Å². The van der Waals surface area contributed by atoms with Crippen molar-refractivity contribution >= 4 is 43.0 Å². The van der Waals surface area contributed by atoms with Gasteiger partial charge < -0.3 is 5.73 Å². The Balaban J connectivity index is 2.24. The highest BCUT2D eigenvalue weighted by atomic mass is 79.9. The lowest BCUT2D eigenvalue weighted by Crippen LogP contribution is -2.23. The minimum absolute atomic E-state index is 0.00739. The second-order valence-electron chi connectivity index (χ2n) is 4.17. The van der Waals surface area contributed by atoms with Crippen molar-refractivity contribution in [3.8, 4) is 0 Å². The second-order valence-corrected chi connectivity index (χ2v) is 8.45. The topological polar surface area (TPSA) is 72.2 Å². The Hall–Kier alpha value is -0.960. The van der Waals surface area contributed by atoms with Crippen molar-refractivity contribution in [2.45, 2.75) is 18.4 Å². The smallest absolute Gasteiger partial charge is 0.241 e. The SMILES string of the molecule is Cc1cc(F)c(N)cc1S(=O)(=O)NCc1ccc(Br)s1. The number of aryl methyl sites for hydroxylation is 1. The molecule has 0 atom stereocenters. The molecule has 108 valence electrons. The molecule has 4 nitrogen and oxygen atoms in total. The highest BCUT2D eigenvalue weighted by Gasteiger charge is 2.18. The molecule has 0 spiro atoms. The van der Waals surface area contributed by atoms with Crippen molar-refractivity contribution in [3.05, 3.63) is 44.3 Å². The Morgan fingerprint density at radius 3 is 2.70 bits per heavy atom. The molecule has 20 heavy (non-hydrogen) atoms. The van der Waals surface area contributed by atoms with Crippen LogP contribution in [0.4, 0.5) is 10.1 Å². The van der Waals surface area contributed by atoms with Crippen LogP contribution in [0.1, 0.15) is 10.4 Å². The number of rotatable bonds is 4. The van der Waals surface area contributed by atoms with Crippen LogP contribution in [0.3, 0.4) is 0 Å². The van der Waals surface area contributed by atoms with Crippen LogP contribution in [0.2, 0.25) is 0 Å². The summed E-state index contributed by atoms with van der Waals surface area (Å²) in [5.74, 6) is -0.622. The number of halogens is 2. The normalized spacial score (nSPS) is 11.8. The summed E-state index contributed by atoms with van der Waals surface area (Å²) in [5.41, 5.74) is 5.56. The Bertz CT molecular complexity index is 744. The van der Waals surface area contributed by atoms with Crippen LogP contribution in [0.25, 0.3) is 0 Å². The predicted octanol–water partition coefficient (Wildman–Crippen LogP) is 3.02. The van der Waals surface area contributed by atoms with Gasteiger partial charge in [-0.1, -0.05) is 0 Å². The number of hydrogen-bond donors (Lipinski definition) is 2. The molecule has 2 rings (SSSR count). The molecule has 0 saturated carbocycles. The average Bonchev–Trinajstić information content (AvgIpc) is 2.77. The van der Waals surface area contributed by atoms with Crippen molar-refractivity contribution in [2.24, 2.45) is 0 Å². The van der Waals surface area contributed by atoms with E-state index in [1.807, 2.05) is 12.1 Å². The molecule has 0 radical (unpaired) electrons. The van der Waals surface area contributed by atoms with Gasteiger partial charge >= 0.3 is 0 Å². The van der Waals surface area contributed by atoms with Crippen molar-refractivity contribution in [1.29, 1.82) is 0 Å². The molecule has 3 N–H and O–H groups in total. The van der Waals surface area contributed by atoms with Gasteiger partial charge in [0.1, 0.15) is 5.82 Å². The van der Waals surface area contributed by atoms with E-state index in [-0.39, 0.29) is 17.1 Å². The lowest BCUT2D eigenvalue weighted by atomic mass is 10.2. The average molecular weight is 379 g/mol. The van der Waals surface area contributed by atoms with E-state index in [4.69, 9.17) is 5.73 Å². The maximum Gasteiger partial charge on any atom is 0.241 e. The minimum Gasteiger partial charge on any atom is -0.396 e. The molecule has 0 aliphatic carbocycles. The quantitative estimate of drug-likeness (QED) is 0.803. The van der Waals surface area contributed by atoms with Crippen molar-refractivity contribution in [3.63, 3.8) is 0 Å². The fourth-order valence-corrected chi connectivity index (χ4v) is 4.43. The summed E-state index contributed by atoms with van der Waals surface area (Å²) in [4.78, 5) is 0.861. The van der Waals surface area contributed by atoms with Crippen LogP contribution >= 0.6 is 27.3 Å². The van der Waals surface area contributed by atoms with Gasteiger partial charge in [-0.05, 0) is 52.7 Å². The van der Waals surface area contributed by atoms with E-state index in [0.29, 0.717) is 5.56 Å². The fraction of sp³-hybridized carbons (Fsp3) is 0.167. The van der Waals surface area contributed by atoms with E-state index in [1.54, 1.807) is 0 Å². The van der Waals surface area contributed by atoms with Crippen molar-refractivity contribution in [1.82, 2.24) is 4.72 Å². The van der Waals surface area contributed by atoms with Gasteiger partial charge in [-0.2, -0.15) is 0 Å². The van der Waals surface area contributed by atoms with Gasteiger partial charge in [-0.3, -0.25) is 0 Å². The number of hydrogen-bond acceptors (Lipinski definition) is 4. The fourth-order valence-electron chi connectivity index (χ4n) is 1.65. The summed E-state index contributed by atoms with van der Waals surface area (Å²) < 4.78 is 41.1. The molecule has 1 heterocycles. The Morgan fingerprint density at radius 2 is 2.10 bits per heavy atom. The lowest BCUT2D eigenvalue weighted by Gasteiger charge is -2.10. The van der Waals surface area contributed by atoms with Crippen LogP contribution in [-0.2, 0) is 16.6 Å². The number of benzene rings is 1. The molecule has 0 bridgehead atoms. The molecule has 8 heteroatoms. The van der Waals surface area contributed by atoms with Crippen molar-refractivity contribution < 1.29 is 12.8 Å². The molecule has 0 aliphatic rings. The molecule has 0 aliphatic heterocycles. The Labute approximate surface area is 129 Å². The molecular formula is C12H12BrFN2O2S2. The molecule has 0 unspecified atom stereocenters. The monoisotopic (exact) mass is 378 g/mol. The molecule has 0 saturated heterocycles. The summed E-state index contributed by atoms with van der Waals surface area (Å²) in [6.45, 7) is 1.70. The summed E-state index contributed by atoms with van der Waals surface area (Å²) in [6, 6.07) is 5.92. The van der Waals surface area contributed by atoms with Crippen LogP contribution in [0.15, 0.2) is 32.9 Å². The largest absolute Gasteiger partial charge is 0.396 e. The standard InChI is InChI=1S/C12H12BrFN2O2S2/c1-7-4-9(14)10(15)5-11(7)20(17,18)16-6-8-2-3-12(13)19-8/h2-5,16H,6,15H2,1H3. The summed E-state index contributed by atoms with van der Waals surface area (Å²) in [7, 11) is -3.72. The number of nitrogens with one attached hydrogen (secondary N) is 1. The summed E-state index contributed by atoms with van der Waals surface area (Å²) in [6.07, 6.45) is 0. The van der Waals surface area contributed by atoms with E-state index in [1.165, 1.54) is 18.3 Å². The zero-order valence-electron chi connectivity index (χ0n) is 10.5. The van der Waals surface area contributed by atoms with Gasteiger partial charge in [0.15, 0.2) is 0 Å². The first-order valence-corrected chi connectivity index (χ1v) is 8.68. The predicted molar refractivity (Wildman–Crippen MR) is 81.6 cm³/mol. The van der Waals surface area contributed by atoms with Gasteiger partial charge in [-0.15, -0.1) is 11.3 Å². The number of nitrogen functional groups attached to an aromatic ring is 1. The zero-order valence-corrected chi connectivity index (χ0v) is 13.7. The van der Waals surface area contributed by atoms with Crippen LogP contribution in [0, 0.1) is 12.7 Å². The van der Waals surface area contributed by atoms with E-state index in [9.17, 15) is 12.8 Å². The van der Waals surface area contributed by atoms with Crippen LogP contribution in [0.5, 0.6) is 0 Å². The molecule has 2 aromatic rings. The lowest BCUT2D eigenvalue weighted by molar-refractivity contribution is 0.580. The van der Waals surface area contributed by atoms with Gasteiger partial charge in [0.2, 0.25) is 10.0 Å². The maximum atomic E-state index is 13.3. The van der Waals surface area contributed by atoms with Gasteiger partial charge in [0.25, 0.3) is 0 Å². The third-order valence-corrected chi connectivity index (χ3v) is 5.82. The van der Waals surface area contributed by atoms with Crippen LogP contribution < -0.4 is 10.5 Å². The van der Waals surface area contributed by atoms with E-state index in [0.717, 1.165) is 20.8 Å². The first-order valence-electron chi connectivity index (χ1n) is 5.59. The maximum absolute atomic E-state index is 13.3. The third kappa shape index (κ3) is 3.38. The van der Waals surface area contributed by atoms with E-state index >= 15 is 0 Å². The summed E-state index contributed by atoms with van der Waals surface area (Å²) >= 11 is 4.75. The number of anilines is 1. The minimum atomic E-state index is -3.72. The van der Waals surface area contributed by atoms with Gasteiger partial charge in [-0.25, -0.2) is 17.5 Å². The van der Waals surface area contributed by atoms with Gasteiger partial charge in [0, 0.05) is 11.4 Å².